The first-order valence-corrected chi connectivity index (χ1v) is 8.76. The van der Waals surface area contributed by atoms with Crippen LogP contribution in [-0.4, -0.2) is 47.5 Å². The average molecular weight is 551 g/mol. The Morgan fingerprint density at radius 2 is 1.83 bits per heavy atom. The zero-order valence-corrected chi connectivity index (χ0v) is 21.4. The number of likely N-dealkylation sites (tertiary alicyclic amines) is 1. The first-order valence-electron chi connectivity index (χ1n) is 8.76. The quantitative estimate of drug-likeness (QED) is 0.482. The summed E-state index contributed by atoms with van der Waals surface area (Å²) in [5.74, 6) is -1.20. The third kappa shape index (κ3) is 10.2. The minimum atomic E-state index is -0.937. The number of hydrogen-bond donors (Lipinski definition) is 3. The summed E-state index contributed by atoms with van der Waals surface area (Å²) in [7, 11) is 0. The molecule has 2 rings (SSSR count). The van der Waals surface area contributed by atoms with Crippen molar-refractivity contribution < 1.29 is 65.6 Å². The molecule has 1 aliphatic rings. The molecule has 1 atom stereocenters. The van der Waals surface area contributed by atoms with E-state index in [9.17, 15) is 18.8 Å². The van der Waals surface area contributed by atoms with Gasteiger partial charge in [-0.1, -0.05) is 0 Å². The smallest absolute Gasteiger partial charge is 0.465 e. The van der Waals surface area contributed by atoms with Gasteiger partial charge in [-0.15, -0.1) is 0 Å². The molecule has 1 aromatic carbocycles. The number of carbonyl (C=O) groups excluding carboxylic acids is 2. The topological polar surface area (TPSA) is 98.7 Å². The predicted octanol–water partition coefficient (Wildman–Crippen LogP) is 4.03. The van der Waals surface area contributed by atoms with Gasteiger partial charge in [0, 0.05) is 26.1 Å². The molecule has 0 aliphatic carbocycles. The van der Waals surface area contributed by atoms with E-state index < -0.39 is 17.8 Å². The molecular weight excluding hydrogens is 517 g/mol. The number of rotatable bonds is 5. The minimum absolute atomic E-state index is 0. The van der Waals surface area contributed by atoms with Crippen LogP contribution in [0, 0.1) is 75.8 Å². The van der Waals surface area contributed by atoms with Crippen LogP contribution < -0.4 is 10.6 Å². The molecule has 167 valence electrons. The van der Waals surface area contributed by atoms with E-state index in [2.05, 4.69) is 10.6 Å². The van der Waals surface area contributed by atoms with Crippen LogP contribution >= 0.6 is 0 Å². The average Bonchev–Trinajstić information content (AvgIpc) is 2.82. The van der Waals surface area contributed by atoms with Crippen molar-refractivity contribution in [2.75, 3.05) is 25.0 Å². The Balaban J connectivity index is -0.00000182. The Hall–Kier alpha value is -1.26. The summed E-state index contributed by atoms with van der Waals surface area (Å²) in [6, 6.07) is 3.66. The summed E-state index contributed by atoms with van der Waals surface area (Å²) in [5.41, 5.74) is 0.348. The van der Waals surface area contributed by atoms with Crippen molar-refractivity contribution in [3.63, 3.8) is 0 Å². The van der Waals surface area contributed by atoms with Gasteiger partial charge in [0.1, 0.15) is 5.82 Å². The van der Waals surface area contributed by atoms with Crippen LogP contribution in [0.5, 0.6) is 0 Å². The van der Waals surface area contributed by atoms with Crippen molar-refractivity contribution in [1.82, 2.24) is 10.2 Å². The van der Waals surface area contributed by atoms with Crippen LogP contribution in [0.25, 0.3) is 0 Å². The fourth-order valence-corrected chi connectivity index (χ4v) is 3.09. The number of carboxylic acid groups (broad SMARTS) is 1. The maximum Gasteiger partial charge on any atom is 3.00 e. The zero-order chi connectivity index (χ0) is 19.1. The molecular formula is C21H33CeFN3O4. The van der Waals surface area contributed by atoms with E-state index in [1.54, 1.807) is 6.92 Å². The van der Waals surface area contributed by atoms with Gasteiger partial charge in [-0.2, -0.15) is 0 Å². The zero-order valence-electron chi connectivity index (χ0n) is 18.3. The summed E-state index contributed by atoms with van der Waals surface area (Å²) in [4.78, 5) is 36.8. The third-order valence-electron chi connectivity index (χ3n) is 4.43. The Labute approximate surface area is 213 Å². The van der Waals surface area contributed by atoms with Crippen LogP contribution in [0.2, 0.25) is 0 Å². The molecule has 1 saturated heterocycles. The monoisotopic (exact) mass is 550 g/mol. The van der Waals surface area contributed by atoms with Gasteiger partial charge in [-0.3, -0.25) is 9.59 Å². The van der Waals surface area contributed by atoms with Crippen molar-refractivity contribution in [3.05, 3.63) is 51.9 Å². The van der Waals surface area contributed by atoms with Gasteiger partial charge >= 0.3 is 47.8 Å². The number of nitrogens with one attached hydrogen (secondary N) is 2. The molecule has 7 nitrogen and oxygen atoms in total. The summed E-state index contributed by atoms with van der Waals surface area (Å²) in [6.07, 6.45) is 1.40. The van der Waals surface area contributed by atoms with Crippen LogP contribution in [0.1, 0.15) is 43.0 Å². The number of anilines is 1. The predicted molar refractivity (Wildman–Crippen MR) is 114 cm³/mol. The molecule has 9 heteroatoms. The van der Waals surface area contributed by atoms with Crippen LogP contribution in [0.15, 0.2) is 18.2 Å². The minimum Gasteiger partial charge on any atom is -0.465 e. The Morgan fingerprint density at radius 1 is 1.17 bits per heavy atom. The van der Waals surface area contributed by atoms with E-state index in [0.29, 0.717) is 32.5 Å². The SMILES string of the molecule is CCNC(=O)c1cc(F)ccc1NC(=O)CC1CCCN(C(=O)O)CC1.[CH3-].[CH3-].[CH3-].[Ce+3]. The van der Waals surface area contributed by atoms with Crippen molar-refractivity contribution >= 4 is 23.6 Å². The summed E-state index contributed by atoms with van der Waals surface area (Å²) < 4.78 is 13.5. The number of halogens is 1. The maximum atomic E-state index is 13.5. The first-order chi connectivity index (χ1) is 12.4. The number of amides is 3. The molecule has 1 aromatic rings. The van der Waals surface area contributed by atoms with Gasteiger partial charge in [0.05, 0.1) is 11.3 Å². The number of benzene rings is 1. The van der Waals surface area contributed by atoms with Crippen molar-refractivity contribution in [2.24, 2.45) is 5.92 Å². The number of hydrogen-bond acceptors (Lipinski definition) is 3. The van der Waals surface area contributed by atoms with Crippen LogP contribution in [-0.2, 0) is 4.79 Å². The van der Waals surface area contributed by atoms with Crippen molar-refractivity contribution in [2.45, 2.75) is 32.6 Å². The normalized spacial score (nSPS) is 15.0. The largest absolute Gasteiger partial charge is 3.00 e. The first kappa shape index (κ1) is 33.4. The molecule has 0 saturated carbocycles. The van der Waals surface area contributed by atoms with Crippen molar-refractivity contribution in [1.29, 1.82) is 0 Å². The molecule has 1 fully saturated rings. The Kier molecular flexibility index (Phi) is 18.3. The third-order valence-corrected chi connectivity index (χ3v) is 4.43. The summed E-state index contributed by atoms with van der Waals surface area (Å²) in [5, 5.41) is 14.3. The van der Waals surface area contributed by atoms with Gasteiger partial charge in [-0.05, 0) is 50.3 Å². The van der Waals surface area contributed by atoms with Gasteiger partial charge in [0.25, 0.3) is 5.91 Å². The second-order valence-corrected chi connectivity index (χ2v) is 6.37. The van der Waals surface area contributed by atoms with E-state index in [1.807, 2.05) is 0 Å². The van der Waals surface area contributed by atoms with Gasteiger partial charge < -0.3 is 42.9 Å². The summed E-state index contributed by atoms with van der Waals surface area (Å²) >= 11 is 0. The maximum absolute atomic E-state index is 13.5. The number of nitrogens with zero attached hydrogens (tertiary/aromatic N) is 1. The summed E-state index contributed by atoms with van der Waals surface area (Å²) in [6.45, 7) is 3.04. The second-order valence-electron chi connectivity index (χ2n) is 6.37. The molecule has 30 heavy (non-hydrogen) atoms. The van der Waals surface area contributed by atoms with Crippen LogP contribution in [0.4, 0.5) is 14.9 Å². The molecule has 3 N–H and O–H groups in total. The Bertz CT molecular complexity index is 688. The molecule has 1 unspecified atom stereocenters. The second kappa shape index (κ2) is 16.4. The van der Waals surface area contributed by atoms with E-state index >= 15 is 0 Å². The molecule has 1 heterocycles. The molecule has 3 amide bonds. The Morgan fingerprint density at radius 3 is 2.43 bits per heavy atom. The van der Waals surface area contributed by atoms with E-state index in [-0.39, 0.29) is 93.5 Å². The van der Waals surface area contributed by atoms with Gasteiger partial charge in [0.2, 0.25) is 5.91 Å². The molecule has 0 aromatic heterocycles. The van der Waals surface area contributed by atoms with E-state index in [1.165, 1.54) is 17.0 Å². The molecule has 1 aliphatic heterocycles. The van der Waals surface area contributed by atoms with Gasteiger partial charge in [-0.25, -0.2) is 9.18 Å². The number of carbonyl (C=O) groups is 3. The molecule has 0 bridgehead atoms. The standard InChI is InChI=1S/C18H24FN3O4.3CH3.Ce/c1-2-20-17(24)14-11-13(19)5-6-15(14)21-16(23)10-12-4-3-8-22(9-7-12)18(25)26;;;;/h5-6,11-12H,2-4,7-10H2,1H3,(H,20,24)(H,21,23)(H,25,26);3*1H3;/q;3*-1;+3. The van der Waals surface area contributed by atoms with Crippen LogP contribution in [0.3, 0.4) is 0 Å². The van der Waals surface area contributed by atoms with E-state index in [0.717, 1.165) is 12.5 Å². The fraction of sp³-hybridized carbons (Fsp3) is 0.429. The molecule has 0 spiro atoms. The van der Waals surface area contributed by atoms with Crippen molar-refractivity contribution in [3.8, 4) is 0 Å². The fourth-order valence-electron chi connectivity index (χ4n) is 3.09. The van der Waals surface area contributed by atoms with E-state index in [4.69, 9.17) is 5.11 Å². The molecule has 1 radical (unpaired) electrons. The van der Waals surface area contributed by atoms with Gasteiger partial charge in [0.15, 0.2) is 0 Å².